The summed E-state index contributed by atoms with van der Waals surface area (Å²) >= 11 is 0. The fourth-order valence-corrected chi connectivity index (χ4v) is 1.67. The molecule has 0 bridgehead atoms. The minimum Gasteiger partial charge on any atom is -0.388 e. The van der Waals surface area contributed by atoms with E-state index in [4.69, 9.17) is 9.47 Å². The number of hydrogen-bond acceptors (Lipinski definition) is 6. The fourth-order valence-electron chi connectivity index (χ4n) is 1.67. The number of rotatable bonds is 5. The third-order valence-corrected chi connectivity index (χ3v) is 2.57. The van der Waals surface area contributed by atoms with Gasteiger partial charge in [-0.3, -0.25) is 0 Å². The van der Waals surface area contributed by atoms with E-state index in [0.29, 0.717) is 13.1 Å². The molecule has 4 N–H and O–H groups in total. The molecule has 0 aliphatic carbocycles. The van der Waals surface area contributed by atoms with Crippen molar-refractivity contribution < 1.29 is 24.8 Å². The van der Waals surface area contributed by atoms with Crippen molar-refractivity contribution in [1.29, 1.82) is 0 Å². The molecule has 0 aromatic carbocycles. The minimum absolute atomic E-state index is 0.317. The molecule has 1 saturated heterocycles. The van der Waals surface area contributed by atoms with Crippen LogP contribution in [0.1, 0.15) is 0 Å². The lowest BCUT2D eigenvalue weighted by Crippen LogP contribution is -2.60. The largest absolute Gasteiger partial charge is 0.388 e. The van der Waals surface area contributed by atoms with Gasteiger partial charge in [0, 0.05) is 20.2 Å². The summed E-state index contributed by atoms with van der Waals surface area (Å²) in [7, 11) is 1.34. The first-order chi connectivity index (χ1) is 7.61. The molecule has 6 heteroatoms. The van der Waals surface area contributed by atoms with Crippen molar-refractivity contribution in [3.05, 3.63) is 12.7 Å². The second-order valence-corrected chi connectivity index (χ2v) is 3.69. The first kappa shape index (κ1) is 13.6. The number of hydrogen-bond donors (Lipinski definition) is 4. The zero-order chi connectivity index (χ0) is 12.1. The smallest absolute Gasteiger partial charge is 0.184 e. The van der Waals surface area contributed by atoms with E-state index in [1.807, 2.05) is 0 Å². The first-order valence-corrected chi connectivity index (χ1v) is 5.16. The zero-order valence-corrected chi connectivity index (χ0v) is 9.24. The number of methoxy groups -OCH3 is 1. The Morgan fingerprint density at radius 1 is 1.38 bits per heavy atom. The van der Waals surface area contributed by atoms with Crippen molar-refractivity contribution >= 4 is 0 Å². The van der Waals surface area contributed by atoms with E-state index in [1.165, 1.54) is 7.11 Å². The maximum atomic E-state index is 9.72. The Balaban J connectivity index is 2.51. The second kappa shape index (κ2) is 6.29. The highest BCUT2D eigenvalue weighted by Crippen LogP contribution is 2.21. The Kier molecular flexibility index (Phi) is 5.33. The molecule has 0 aromatic rings. The SMILES string of the molecule is C=CCNC[C@H]1O[C@@H](O)[C@H](OC)[C@@H](O)[C@@H]1O. The summed E-state index contributed by atoms with van der Waals surface area (Å²) in [6, 6.07) is 0. The molecule has 0 radical (unpaired) electrons. The van der Waals surface area contributed by atoms with Crippen LogP contribution in [0.5, 0.6) is 0 Å². The lowest BCUT2D eigenvalue weighted by molar-refractivity contribution is -0.285. The molecule has 0 saturated carbocycles. The third kappa shape index (κ3) is 3.00. The molecule has 0 aromatic heterocycles. The molecule has 1 rings (SSSR count). The van der Waals surface area contributed by atoms with Crippen molar-refractivity contribution in [1.82, 2.24) is 5.32 Å². The van der Waals surface area contributed by atoms with Gasteiger partial charge in [0.25, 0.3) is 0 Å². The Labute approximate surface area is 94.5 Å². The van der Waals surface area contributed by atoms with Gasteiger partial charge in [-0.05, 0) is 0 Å². The summed E-state index contributed by atoms with van der Waals surface area (Å²) in [5.41, 5.74) is 0. The van der Waals surface area contributed by atoms with Gasteiger partial charge >= 0.3 is 0 Å². The topological polar surface area (TPSA) is 91.2 Å². The van der Waals surface area contributed by atoms with Crippen LogP contribution in [-0.4, -0.2) is 66.2 Å². The highest BCUT2D eigenvalue weighted by atomic mass is 16.7. The van der Waals surface area contributed by atoms with E-state index < -0.39 is 30.7 Å². The van der Waals surface area contributed by atoms with E-state index in [2.05, 4.69) is 11.9 Å². The fraction of sp³-hybridized carbons (Fsp3) is 0.800. The first-order valence-electron chi connectivity index (χ1n) is 5.16. The number of aliphatic hydroxyl groups excluding tert-OH is 3. The minimum atomic E-state index is -1.24. The van der Waals surface area contributed by atoms with Crippen LogP contribution in [0.3, 0.4) is 0 Å². The summed E-state index contributed by atoms with van der Waals surface area (Å²) in [5.74, 6) is 0. The maximum Gasteiger partial charge on any atom is 0.184 e. The van der Waals surface area contributed by atoms with Crippen LogP contribution in [0.4, 0.5) is 0 Å². The average molecular weight is 233 g/mol. The van der Waals surface area contributed by atoms with Gasteiger partial charge in [0.05, 0.1) is 0 Å². The van der Waals surface area contributed by atoms with Gasteiger partial charge < -0.3 is 30.1 Å². The van der Waals surface area contributed by atoms with Gasteiger partial charge in [0.1, 0.15) is 24.4 Å². The second-order valence-electron chi connectivity index (χ2n) is 3.69. The highest BCUT2D eigenvalue weighted by Gasteiger charge is 2.43. The summed E-state index contributed by atoms with van der Waals surface area (Å²) < 4.78 is 9.98. The molecule has 6 nitrogen and oxygen atoms in total. The predicted octanol–water partition coefficient (Wildman–Crippen LogP) is -1.78. The Morgan fingerprint density at radius 3 is 2.62 bits per heavy atom. The predicted molar refractivity (Wildman–Crippen MR) is 56.8 cm³/mol. The lowest BCUT2D eigenvalue weighted by atomic mass is 9.99. The molecule has 16 heavy (non-hydrogen) atoms. The van der Waals surface area contributed by atoms with Crippen LogP contribution in [0.15, 0.2) is 12.7 Å². The summed E-state index contributed by atoms with van der Waals surface area (Å²) in [5, 5.41) is 31.9. The van der Waals surface area contributed by atoms with Gasteiger partial charge in [-0.15, -0.1) is 6.58 Å². The molecule has 0 unspecified atom stereocenters. The Bertz CT molecular complexity index is 225. The highest BCUT2D eigenvalue weighted by molar-refractivity contribution is 4.90. The third-order valence-electron chi connectivity index (χ3n) is 2.57. The van der Waals surface area contributed by atoms with Gasteiger partial charge in [-0.25, -0.2) is 0 Å². The molecule has 5 atom stereocenters. The van der Waals surface area contributed by atoms with Gasteiger partial charge in [-0.2, -0.15) is 0 Å². The van der Waals surface area contributed by atoms with Crippen molar-refractivity contribution in [3.63, 3.8) is 0 Å². The van der Waals surface area contributed by atoms with Crippen molar-refractivity contribution in [2.45, 2.75) is 30.7 Å². The molecule has 94 valence electrons. The van der Waals surface area contributed by atoms with Crippen LogP contribution in [0.25, 0.3) is 0 Å². The Morgan fingerprint density at radius 2 is 2.06 bits per heavy atom. The molecule has 1 heterocycles. The summed E-state index contributed by atoms with van der Waals surface area (Å²) in [4.78, 5) is 0. The zero-order valence-electron chi connectivity index (χ0n) is 9.24. The summed E-state index contributed by atoms with van der Waals surface area (Å²) in [6.07, 6.45) is -3.42. The van der Waals surface area contributed by atoms with E-state index >= 15 is 0 Å². The van der Waals surface area contributed by atoms with Gasteiger partial charge in [0.15, 0.2) is 6.29 Å². The van der Waals surface area contributed by atoms with Crippen molar-refractivity contribution in [2.24, 2.45) is 0 Å². The molecule has 0 amide bonds. The number of nitrogens with one attached hydrogen (secondary N) is 1. The van der Waals surface area contributed by atoms with Crippen molar-refractivity contribution in [2.75, 3.05) is 20.2 Å². The van der Waals surface area contributed by atoms with E-state index in [-0.39, 0.29) is 0 Å². The van der Waals surface area contributed by atoms with Crippen LogP contribution in [-0.2, 0) is 9.47 Å². The van der Waals surface area contributed by atoms with E-state index in [1.54, 1.807) is 6.08 Å². The number of aliphatic hydroxyl groups is 3. The molecule has 1 aliphatic heterocycles. The molecular formula is C10H19NO5. The summed E-state index contributed by atoms with van der Waals surface area (Å²) in [6.45, 7) is 4.41. The van der Waals surface area contributed by atoms with Crippen molar-refractivity contribution in [3.8, 4) is 0 Å². The van der Waals surface area contributed by atoms with Crippen LogP contribution < -0.4 is 5.32 Å². The normalized spacial score (nSPS) is 39.6. The van der Waals surface area contributed by atoms with E-state index in [9.17, 15) is 15.3 Å². The number of ether oxygens (including phenoxy) is 2. The quantitative estimate of drug-likeness (QED) is 0.331. The van der Waals surface area contributed by atoms with Crippen LogP contribution >= 0.6 is 0 Å². The molecule has 0 spiro atoms. The average Bonchev–Trinajstić information content (AvgIpc) is 2.26. The lowest BCUT2D eigenvalue weighted by Gasteiger charge is -2.39. The maximum absolute atomic E-state index is 9.72. The monoisotopic (exact) mass is 233 g/mol. The van der Waals surface area contributed by atoms with Gasteiger partial charge in [-0.1, -0.05) is 6.08 Å². The van der Waals surface area contributed by atoms with E-state index in [0.717, 1.165) is 0 Å². The molecule has 1 aliphatic rings. The molecule has 1 fully saturated rings. The van der Waals surface area contributed by atoms with Crippen LogP contribution in [0.2, 0.25) is 0 Å². The van der Waals surface area contributed by atoms with Crippen LogP contribution in [0, 0.1) is 0 Å². The standard InChI is InChI=1S/C10H19NO5/c1-3-4-11-5-6-7(12)8(13)9(15-2)10(14)16-6/h3,6-14H,1,4-5H2,2H3/t6-,7-,8+,9-,10-/m1/s1. The molecular weight excluding hydrogens is 214 g/mol. The Hall–Kier alpha value is -0.500. The van der Waals surface area contributed by atoms with Gasteiger partial charge in [0.2, 0.25) is 0 Å².